The summed E-state index contributed by atoms with van der Waals surface area (Å²) in [6.45, 7) is 2.04. The third kappa shape index (κ3) is 2.06. The summed E-state index contributed by atoms with van der Waals surface area (Å²) in [5.41, 5.74) is 1.97. The average molecular weight is 269 g/mol. The Morgan fingerprint density at radius 1 is 1.05 bits per heavy atom. The second-order valence-corrected chi connectivity index (χ2v) is 7.30. The first kappa shape index (κ1) is 12.4. The van der Waals surface area contributed by atoms with Crippen LogP contribution in [0.1, 0.15) is 48.0 Å². The van der Waals surface area contributed by atoms with Crippen LogP contribution in [0.5, 0.6) is 0 Å². The van der Waals surface area contributed by atoms with E-state index in [2.05, 4.69) is 5.32 Å². The summed E-state index contributed by atoms with van der Waals surface area (Å²) in [7, 11) is 0. The highest BCUT2D eigenvalue weighted by atomic mass is 16.1. The molecule has 4 fully saturated rings. The van der Waals surface area contributed by atoms with E-state index in [0.717, 1.165) is 34.8 Å². The van der Waals surface area contributed by atoms with Gasteiger partial charge in [-0.05, 0) is 74.8 Å². The Bertz CT molecular complexity index is 508. The lowest BCUT2D eigenvalue weighted by molar-refractivity contribution is -0.0119. The highest BCUT2D eigenvalue weighted by Crippen LogP contribution is 2.53. The zero-order chi connectivity index (χ0) is 13.7. The summed E-state index contributed by atoms with van der Waals surface area (Å²) >= 11 is 0. The highest BCUT2D eigenvalue weighted by Gasteiger charge is 2.48. The maximum absolute atomic E-state index is 12.5. The Balaban J connectivity index is 1.50. The fraction of sp³-hybridized carbons (Fsp3) is 0.611. The molecule has 106 valence electrons. The van der Waals surface area contributed by atoms with Gasteiger partial charge >= 0.3 is 0 Å². The van der Waals surface area contributed by atoms with Crippen molar-refractivity contribution in [1.82, 2.24) is 5.32 Å². The molecule has 0 spiro atoms. The summed E-state index contributed by atoms with van der Waals surface area (Å²) < 4.78 is 0. The molecule has 1 amide bonds. The van der Waals surface area contributed by atoms with Crippen molar-refractivity contribution in [2.75, 3.05) is 0 Å². The number of hydrogen-bond acceptors (Lipinski definition) is 1. The van der Waals surface area contributed by atoms with Crippen LogP contribution in [0.2, 0.25) is 0 Å². The van der Waals surface area contributed by atoms with Crippen molar-refractivity contribution >= 4 is 5.91 Å². The Morgan fingerprint density at radius 3 is 2.30 bits per heavy atom. The minimum Gasteiger partial charge on any atom is -0.349 e. The third-order valence-electron chi connectivity index (χ3n) is 5.80. The molecule has 5 rings (SSSR count). The molecule has 2 heteroatoms. The molecular formula is C18H23NO. The molecule has 4 aliphatic rings. The first-order chi connectivity index (χ1) is 9.69. The maximum atomic E-state index is 12.5. The van der Waals surface area contributed by atoms with E-state index in [-0.39, 0.29) is 5.91 Å². The molecule has 2 nitrogen and oxygen atoms in total. The molecule has 0 atom stereocenters. The number of rotatable bonds is 2. The Hall–Kier alpha value is -1.31. The fourth-order valence-corrected chi connectivity index (χ4v) is 5.18. The van der Waals surface area contributed by atoms with E-state index >= 15 is 0 Å². The summed E-state index contributed by atoms with van der Waals surface area (Å²) in [5, 5.41) is 3.37. The van der Waals surface area contributed by atoms with E-state index < -0.39 is 0 Å². The molecule has 20 heavy (non-hydrogen) atoms. The van der Waals surface area contributed by atoms with Gasteiger partial charge in [-0.2, -0.15) is 0 Å². The maximum Gasteiger partial charge on any atom is 0.251 e. The molecular weight excluding hydrogens is 246 g/mol. The Morgan fingerprint density at radius 2 is 1.70 bits per heavy atom. The van der Waals surface area contributed by atoms with Gasteiger partial charge in [0.1, 0.15) is 0 Å². The van der Waals surface area contributed by atoms with Crippen LogP contribution >= 0.6 is 0 Å². The third-order valence-corrected chi connectivity index (χ3v) is 5.80. The molecule has 0 radical (unpaired) electrons. The average Bonchev–Trinajstić information content (AvgIpc) is 2.42. The second kappa shape index (κ2) is 4.61. The van der Waals surface area contributed by atoms with Gasteiger partial charge in [-0.15, -0.1) is 0 Å². The monoisotopic (exact) mass is 269 g/mol. The molecule has 1 N–H and O–H groups in total. The molecule has 1 aromatic rings. The number of nitrogens with one attached hydrogen (secondary N) is 1. The topological polar surface area (TPSA) is 29.1 Å². The predicted octanol–water partition coefficient (Wildman–Crippen LogP) is 3.55. The van der Waals surface area contributed by atoms with Crippen LogP contribution in [0.15, 0.2) is 24.3 Å². The quantitative estimate of drug-likeness (QED) is 0.874. The normalized spacial score (nSPS) is 38.0. The van der Waals surface area contributed by atoms with Gasteiger partial charge in [0.05, 0.1) is 0 Å². The standard InChI is InChI=1S/C18H23NO/c1-11-3-2-4-14(5-11)18(20)19-17-15-7-12-6-13(9-15)10-16(17)8-12/h2-5,12-13,15-17H,6-10H2,1H3,(H,19,20). The van der Waals surface area contributed by atoms with Gasteiger partial charge in [-0.25, -0.2) is 0 Å². The van der Waals surface area contributed by atoms with Gasteiger partial charge < -0.3 is 5.32 Å². The van der Waals surface area contributed by atoms with Crippen molar-refractivity contribution in [1.29, 1.82) is 0 Å². The summed E-state index contributed by atoms with van der Waals surface area (Å²) in [6.07, 6.45) is 6.88. The van der Waals surface area contributed by atoms with Gasteiger partial charge in [0.15, 0.2) is 0 Å². The van der Waals surface area contributed by atoms with E-state index in [0.29, 0.717) is 6.04 Å². The second-order valence-electron chi connectivity index (χ2n) is 7.30. The van der Waals surface area contributed by atoms with Gasteiger partial charge in [-0.1, -0.05) is 17.7 Å². The van der Waals surface area contributed by atoms with Crippen LogP contribution in [-0.2, 0) is 0 Å². The van der Waals surface area contributed by atoms with Crippen molar-refractivity contribution in [3.05, 3.63) is 35.4 Å². The van der Waals surface area contributed by atoms with Crippen LogP contribution < -0.4 is 5.32 Å². The first-order valence-corrected chi connectivity index (χ1v) is 8.06. The van der Waals surface area contributed by atoms with Crippen molar-refractivity contribution < 1.29 is 4.79 Å². The smallest absolute Gasteiger partial charge is 0.251 e. The van der Waals surface area contributed by atoms with Crippen LogP contribution in [0.4, 0.5) is 0 Å². The van der Waals surface area contributed by atoms with Crippen LogP contribution in [0.25, 0.3) is 0 Å². The van der Waals surface area contributed by atoms with E-state index in [4.69, 9.17) is 0 Å². The molecule has 0 saturated heterocycles. The van der Waals surface area contributed by atoms with Crippen LogP contribution in [-0.4, -0.2) is 11.9 Å². The van der Waals surface area contributed by atoms with Crippen LogP contribution in [0.3, 0.4) is 0 Å². The number of carbonyl (C=O) groups is 1. The van der Waals surface area contributed by atoms with Crippen molar-refractivity contribution in [3.8, 4) is 0 Å². The number of hydrogen-bond donors (Lipinski definition) is 1. The fourth-order valence-electron chi connectivity index (χ4n) is 5.18. The van der Waals surface area contributed by atoms with E-state index in [1.54, 1.807) is 0 Å². The number of benzene rings is 1. The van der Waals surface area contributed by atoms with Gasteiger partial charge in [0, 0.05) is 11.6 Å². The zero-order valence-electron chi connectivity index (χ0n) is 12.1. The molecule has 0 heterocycles. The van der Waals surface area contributed by atoms with Crippen molar-refractivity contribution in [3.63, 3.8) is 0 Å². The lowest BCUT2D eigenvalue weighted by atomic mass is 9.54. The van der Waals surface area contributed by atoms with Crippen LogP contribution in [0, 0.1) is 30.6 Å². The zero-order valence-corrected chi connectivity index (χ0v) is 12.1. The summed E-state index contributed by atoms with van der Waals surface area (Å²) in [5.74, 6) is 3.56. The number of carbonyl (C=O) groups excluding carboxylic acids is 1. The molecule has 0 unspecified atom stereocenters. The van der Waals surface area contributed by atoms with Gasteiger partial charge in [0.25, 0.3) is 5.91 Å². The van der Waals surface area contributed by atoms with Crippen molar-refractivity contribution in [2.24, 2.45) is 23.7 Å². The number of aryl methyl sites for hydroxylation is 1. The van der Waals surface area contributed by atoms with Crippen molar-refractivity contribution in [2.45, 2.75) is 45.1 Å². The molecule has 0 aromatic heterocycles. The van der Waals surface area contributed by atoms with E-state index in [9.17, 15) is 4.79 Å². The minimum atomic E-state index is 0.131. The summed E-state index contributed by atoms with van der Waals surface area (Å²) in [4.78, 5) is 12.5. The Labute approximate surface area is 121 Å². The Kier molecular flexibility index (Phi) is 2.87. The lowest BCUT2D eigenvalue weighted by Crippen LogP contribution is -2.55. The molecule has 1 aromatic carbocycles. The molecule has 0 aliphatic heterocycles. The predicted molar refractivity (Wildman–Crippen MR) is 79.5 cm³/mol. The largest absolute Gasteiger partial charge is 0.349 e. The van der Waals surface area contributed by atoms with Gasteiger partial charge in [-0.3, -0.25) is 4.79 Å². The summed E-state index contributed by atoms with van der Waals surface area (Å²) in [6, 6.07) is 8.38. The number of amides is 1. The minimum absolute atomic E-state index is 0.131. The van der Waals surface area contributed by atoms with E-state index in [1.165, 1.54) is 32.1 Å². The molecule has 4 bridgehead atoms. The highest BCUT2D eigenvalue weighted by molar-refractivity contribution is 5.94. The molecule has 4 aliphatic carbocycles. The molecule has 4 saturated carbocycles. The first-order valence-electron chi connectivity index (χ1n) is 8.06. The van der Waals surface area contributed by atoms with Gasteiger partial charge in [0.2, 0.25) is 0 Å². The van der Waals surface area contributed by atoms with E-state index in [1.807, 2.05) is 31.2 Å². The lowest BCUT2D eigenvalue weighted by Gasteiger charge is -2.54. The SMILES string of the molecule is Cc1cccc(C(=O)NC2C3CC4CC(C3)CC2C4)c1.